The molecule has 1 heterocycles. The highest BCUT2D eigenvalue weighted by Crippen LogP contribution is 2.23. The Morgan fingerprint density at radius 3 is 2.38 bits per heavy atom. The Morgan fingerprint density at radius 1 is 1.00 bits per heavy atom. The van der Waals surface area contributed by atoms with Crippen LogP contribution in [0, 0.1) is 20.8 Å². The molecule has 0 aliphatic carbocycles. The number of hydrogen-bond donors (Lipinski definition) is 0. The lowest BCUT2D eigenvalue weighted by Gasteiger charge is -2.03. The smallest absolute Gasteiger partial charge is 0.202 e. The molecule has 0 aliphatic heterocycles. The van der Waals surface area contributed by atoms with Gasteiger partial charge in [-0.2, -0.15) is 0 Å². The molecular weight excluding hydrogens is 260 g/mol. The van der Waals surface area contributed by atoms with Gasteiger partial charge in [-0.3, -0.25) is 4.79 Å². The highest BCUT2D eigenvalue weighted by atomic mass is 16.3. The maximum atomic E-state index is 12.4. The monoisotopic (exact) mass is 278 g/mol. The predicted octanol–water partition coefficient (Wildman–Crippen LogP) is 4.78. The summed E-state index contributed by atoms with van der Waals surface area (Å²) in [5, 5.41) is 0.985. The van der Waals surface area contributed by atoms with Crippen molar-refractivity contribution in [1.82, 2.24) is 0 Å². The number of hydrogen-bond acceptors (Lipinski definition) is 2. The summed E-state index contributed by atoms with van der Waals surface area (Å²) in [5.41, 5.74) is 5.26. The second kappa shape index (κ2) is 5.21. The van der Waals surface area contributed by atoms with E-state index < -0.39 is 0 Å². The summed E-state index contributed by atoms with van der Waals surface area (Å²) >= 11 is 0. The summed E-state index contributed by atoms with van der Waals surface area (Å²) in [4.78, 5) is 12.4. The minimum absolute atomic E-state index is 0.0237. The van der Waals surface area contributed by atoms with E-state index in [1.54, 1.807) is 0 Å². The molecule has 0 unspecified atom stereocenters. The first-order chi connectivity index (χ1) is 10.0. The Balaban J connectivity index is 1.91. The summed E-state index contributed by atoms with van der Waals surface area (Å²) in [6.07, 6.45) is 0.376. The molecule has 0 atom stereocenters. The average molecular weight is 278 g/mol. The van der Waals surface area contributed by atoms with Gasteiger partial charge in [-0.25, -0.2) is 0 Å². The van der Waals surface area contributed by atoms with Gasteiger partial charge in [0.2, 0.25) is 5.78 Å². The van der Waals surface area contributed by atoms with Crippen LogP contribution in [0.4, 0.5) is 0 Å². The lowest BCUT2D eigenvalue weighted by molar-refractivity contribution is 0.0968. The van der Waals surface area contributed by atoms with Crippen molar-refractivity contribution in [2.75, 3.05) is 0 Å². The second-order valence-electron chi connectivity index (χ2n) is 5.70. The molecule has 0 saturated heterocycles. The van der Waals surface area contributed by atoms with E-state index in [0.717, 1.165) is 22.1 Å². The standard InChI is InChI=1S/C19H18O2/c1-12-7-13(2)9-15(8-12)10-17(20)18-11-16-6-4-5-14(3)19(16)21-18/h4-9,11H,10H2,1-3H3. The summed E-state index contributed by atoms with van der Waals surface area (Å²) < 4.78 is 5.74. The van der Waals surface area contributed by atoms with Gasteiger partial charge < -0.3 is 4.42 Å². The summed E-state index contributed by atoms with van der Waals surface area (Å²) in [6, 6.07) is 14.0. The van der Waals surface area contributed by atoms with E-state index in [0.29, 0.717) is 12.2 Å². The van der Waals surface area contributed by atoms with Crippen LogP contribution >= 0.6 is 0 Å². The molecule has 2 aromatic carbocycles. The Labute approximate surface area is 124 Å². The molecule has 0 spiro atoms. The SMILES string of the molecule is Cc1cc(C)cc(CC(=O)c2cc3cccc(C)c3o2)c1. The molecule has 2 heteroatoms. The average Bonchev–Trinajstić information content (AvgIpc) is 2.83. The molecule has 0 fully saturated rings. The Kier molecular flexibility index (Phi) is 3.38. The zero-order valence-corrected chi connectivity index (χ0v) is 12.6. The number of benzene rings is 2. The van der Waals surface area contributed by atoms with Crippen LogP contribution in [0.3, 0.4) is 0 Å². The number of fused-ring (bicyclic) bond motifs is 1. The van der Waals surface area contributed by atoms with E-state index in [9.17, 15) is 4.79 Å². The van der Waals surface area contributed by atoms with Gasteiger partial charge in [0.1, 0.15) is 5.58 Å². The van der Waals surface area contributed by atoms with Crippen molar-refractivity contribution in [2.45, 2.75) is 27.2 Å². The minimum atomic E-state index is 0.0237. The first-order valence-corrected chi connectivity index (χ1v) is 7.12. The van der Waals surface area contributed by atoms with Crippen molar-refractivity contribution in [3.63, 3.8) is 0 Å². The van der Waals surface area contributed by atoms with E-state index in [1.807, 2.05) is 45.0 Å². The molecule has 0 radical (unpaired) electrons. The van der Waals surface area contributed by atoms with E-state index in [2.05, 4.69) is 18.2 Å². The first-order valence-electron chi connectivity index (χ1n) is 7.12. The van der Waals surface area contributed by atoms with Crippen LogP contribution < -0.4 is 0 Å². The lowest BCUT2D eigenvalue weighted by atomic mass is 10.0. The number of ketones is 1. The molecule has 1 aromatic heterocycles. The molecule has 0 amide bonds. The fourth-order valence-electron chi connectivity index (χ4n) is 2.79. The van der Waals surface area contributed by atoms with Gasteiger partial charge in [0, 0.05) is 11.8 Å². The van der Waals surface area contributed by atoms with Gasteiger partial charge in [-0.05, 0) is 38.0 Å². The number of furan rings is 1. The van der Waals surface area contributed by atoms with Gasteiger partial charge in [0.25, 0.3) is 0 Å². The quantitative estimate of drug-likeness (QED) is 0.645. The van der Waals surface area contributed by atoms with E-state index in [-0.39, 0.29) is 5.78 Å². The normalized spacial score (nSPS) is 11.0. The second-order valence-corrected chi connectivity index (χ2v) is 5.70. The van der Waals surface area contributed by atoms with Crippen molar-refractivity contribution >= 4 is 16.8 Å². The number of aryl methyl sites for hydroxylation is 3. The molecule has 106 valence electrons. The fourth-order valence-corrected chi connectivity index (χ4v) is 2.79. The van der Waals surface area contributed by atoms with Crippen molar-refractivity contribution in [3.05, 3.63) is 70.5 Å². The molecule has 0 N–H and O–H groups in total. The number of Topliss-reactive ketones (excluding diaryl/α,β-unsaturated/α-hetero) is 1. The summed E-state index contributed by atoms with van der Waals surface area (Å²) in [5.74, 6) is 0.467. The van der Waals surface area contributed by atoms with Gasteiger partial charge in [-0.15, -0.1) is 0 Å². The van der Waals surface area contributed by atoms with E-state index in [1.165, 1.54) is 11.1 Å². The number of para-hydroxylation sites is 1. The van der Waals surface area contributed by atoms with Crippen LogP contribution in [0.5, 0.6) is 0 Å². The minimum Gasteiger partial charge on any atom is -0.453 e. The first kappa shape index (κ1) is 13.6. The van der Waals surface area contributed by atoms with Crippen molar-refractivity contribution in [1.29, 1.82) is 0 Å². The Bertz CT molecular complexity index is 804. The number of rotatable bonds is 3. The molecular formula is C19H18O2. The predicted molar refractivity (Wildman–Crippen MR) is 84.9 cm³/mol. The van der Waals surface area contributed by atoms with Crippen molar-refractivity contribution in [3.8, 4) is 0 Å². The lowest BCUT2D eigenvalue weighted by Crippen LogP contribution is -2.02. The molecule has 2 nitrogen and oxygen atoms in total. The molecule has 3 aromatic rings. The topological polar surface area (TPSA) is 30.2 Å². The van der Waals surface area contributed by atoms with Gasteiger partial charge in [0.15, 0.2) is 5.76 Å². The van der Waals surface area contributed by atoms with Crippen molar-refractivity contribution in [2.24, 2.45) is 0 Å². The molecule has 0 aliphatic rings. The Hall–Kier alpha value is -2.35. The highest BCUT2D eigenvalue weighted by molar-refractivity contribution is 5.99. The van der Waals surface area contributed by atoms with E-state index >= 15 is 0 Å². The van der Waals surface area contributed by atoms with Crippen molar-refractivity contribution < 1.29 is 9.21 Å². The van der Waals surface area contributed by atoms with Gasteiger partial charge >= 0.3 is 0 Å². The third-order valence-electron chi connectivity index (χ3n) is 3.66. The molecule has 0 bridgehead atoms. The maximum Gasteiger partial charge on any atom is 0.202 e. The van der Waals surface area contributed by atoms with Gasteiger partial charge in [0.05, 0.1) is 0 Å². The molecule has 0 saturated carbocycles. The van der Waals surface area contributed by atoms with E-state index in [4.69, 9.17) is 4.42 Å². The maximum absolute atomic E-state index is 12.4. The third-order valence-corrected chi connectivity index (χ3v) is 3.66. The van der Waals surface area contributed by atoms with Crippen LogP contribution in [0.25, 0.3) is 11.0 Å². The van der Waals surface area contributed by atoms with Crippen LogP contribution in [-0.2, 0) is 6.42 Å². The Morgan fingerprint density at radius 2 is 1.71 bits per heavy atom. The van der Waals surface area contributed by atoms with Gasteiger partial charge in [-0.1, -0.05) is 47.5 Å². The number of carbonyl (C=O) groups excluding carboxylic acids is 1. The highest BCUT2D eigenvalue weighted by Gasteiger charge is 2.14. The van der Waals surface area contributed by atoms with Crippen LogP contribution in [0.2, 0.25) is 0 Å². The molecule has 21 heavy (non-hydrogen) atoms. The third kappa shape index (κ3) is 2.75. The van der Waals surface area contributed by atoms with Crippen LogP contribution in [0.1, 0.15) is 32.8 Å². The summed E-state index contributed by atoms with van der Waals surface area (Å²) in [7, 11) is 0. The zero-order valence-electron chi connectivity index (χ0n) is 12.6. The zero-order chi connectivity index (χ0) is 15.0. The van der Waals surface area contributed by atoms with Crippen LogP contribution in [-0.4, -0.2) is 5.78 Å². The molecule has 3 rings (SSSR count). The van der Waals surface area contributed by atoms with Crippen LogP contribution in [0.15, 0.2) is 46.9 Å². The fraction of sp³-hybridized carbons (Fsp3) is 0.211. The number of carbonyl (C=O) groups is 1. The summed E-state index contributed by atoms with van der Waals surface area (Å²) in [6.45, 7) is 6.08. The largest absolute Gasteiger partial charge is 0.453 e.